The van der Waals surface area contributed by atoms with Gasteiger partial charge in [-0.25, -0.2) is 4.98 Å². The minimum atomic E-state index is -0.131. The number of carbonyl (C=O) groups excluding carboxylic acids is 1. The third kappa shape index (κ3) is 4.89. The van der Waals surface area contributed by atoms with Gasteiger partial charge < -0.3 is 5.32 Å². The third-order valence-corrected chi connectivity index (χ3v) is 6.95. The second kappa shape index (κ2) is 9.08. The SMILES string of the molecule is Cc1cccc(NC(=O)CSc2nc3ccsc3c(=O)n2Cc2ccc(C)c(C)c2)c1. The summed E-state index contributed by atoms with van der Waals surface area (Å²) in [6.07, 6.45) is 0. The van der Waals surface area contributed by atoms with Crippen LogP contribution in [0.2, 0.25) is 0 Å². The molecule has 0 aliphatic carbocycles. The van der Waals surface area contributed by atoms with Crippen LogP contribution in [0, 0.1) is 20.8 Å². The van der Waals surface area contributed by atoms with E-state index in [4.69, 9.17) is 0 Å². The average Bonchev–Trinajstić information content (AvgIpc) is 3.20. The van der Waals surface area contributed by atoms with E-state index < -0.39 is 0 Å². The number of nitrogens with one attached hydrogen (secondary N) is 1. The molecule has 1 amide bonds. The number of aromatic nitrogens is 2. The summed E-state index contributed by atoms with van der Waals surface area (Å²) >= 11 is 2.68. The standard InChI is InChI=1S/C24H23N3O2S2/c1-15-5-4-6-19(11-15)25-21(28)14-31-24-26-20-9-10-30-22(20)23(29)27(24)13-18-8-7-16(2)17(3)12-18/h4-12H,13-14H2,1-3H3,(H,25,28). The average molecular weight is 450 g/mol. The molecular weight excluding hydrogens is 426 g/mol. The van der Waals surface area contributed by atoms with Gasteiger partial charge in [0.1, 0.15) is 4.70 Å². The molecule has 0 saturated carbocycles. The van der Waals surface area contributed by atoms with Crippen LogP contribution >= 0.6 is 23.1 Å². The van der Waals surface area contributed by atoms with Crippen molar-refractivity contribution in [2.75, 3.05) is 11.1 Å². The van der Waals surface area contributed by atoms with Gasteiger partial charge in [0.2, 0.25) is 5.91 Å². The van der Waals surface area contributed by atoms with Gasteiger partial charge in [-0.1, -0.05) is 42.1 Å². The second-order valence-electron chi connectivity index (χ2n) is 7.55. The topological polar surface area (TPSA) is 64.0 Å². The van der Waals surface area contributed by atoms with E-state index in [2.05, 4.69) is 36.3 Å². The minimum absolute atomic E-state index is 0.0696. The smallest absolute Gasteiger partial charge is 0.272 e. The maximum Gasteiger partial charge on any atom is 0.272 e. The minimum Gasteiger partial charge on any atom is -0.325 e. The zero-order valence-corrected chi connectivity index (χ0v) is 19.3. The highest BCUT2D eigenvalue weighted by atomic mass is 32.2. The molecule has 0 aliphatic rings. The lowest BCUT2D eigenvalue weighted by molar-refractivity contribution is -0.113. The summed E-state index contributed by atoms with van der Waals surface area (Å²) in [5.41, 5.74) is 5.88. The van der Waals surface area contributed by atoms with E-state index in [-0.39, 0.29) is 17.2 Å². The molecule has 4 rings (SSSR count). The van der Waals surface area contributed by atoms with Crippen LogP contribution in [0.5, 0.6) is 0 Å². The molecule has 0 aliphatic heterocycles. The number of rotatable bonds is 6. The van der Waals surface area contributed by atoms with Gasteiger partial charge in [0, 0.05) is 5.69 Å². The van der Waals surface area contributed by atoms with Gasteiger partial charge in [0.15, 0.2) is 5.16 Å². The molecule has 4 aromatic rings. The number of hydrogen-bond acceptors (Lipinski definition) is 5. The zero-order valence-electron chi connectivity index (χ0n) is 17.6. The highest BCUT2D eigenvalue weighted by Crippen LogP contribution is 2.22. The largest absolute Gasteiger partial charge is 0.325 e. The fourth-order valence-electron chi connectivity index (χ4n) is 3.31. The van der Waals surface area contributed by atoms with Crippen molar-refractivity contribution in [3.05, 3.63) is 86.5 Å². The van der Waals surface area contributed by atoms with Gasteiger partial charge in [-0.05, 0) is 66.6 Å². The molecule has 0 spiro atoms. The lowest BCUT2D eigenvalue weighted by atomic mass is 10.1. The van der Waals surface area contributed by atoms with Crippen LogP contribution in [0.4, 0.5) is 5.69 Å². The normalized spacial score (nSPS) is 11.1. The number of thioether (sulfide) groups is 1. The Morgan fingerprint density at radius 2 is 1.94 bits per heavy atom. The Bertz CT molecular complexity index is 1320. The van der Waals surface area contributed by atoms with Crippen molar-refractivity contribution >= 4 is 44.9 Å². The molecule has 2 heterocycles. The molecule has 0 unspecified atom stereocenters. The van der Waals surface area contributed by atoms with Gasteiger partial charge in [-0.15, -0.1) is 11.3 Å². The molecule has 2 aromatic heterocycles. The van der Waals surface area contributed by atoms with Gasteiger partial charge in [0.25, 0.3) is 5.56 Å². The number of thiophene rings is 1. The molecule has 5 nitrogen and oxygen atoms in total. The van der Waals surface area contributed by atoms with E-state index in [0.29, 0.717) is 21.9 Å². The van der Waals surface area contributed by atoms with Gasteiger partial charge in [-0.3, -0.25) is 14.2 Å². The molecule has 31 heavy (non-hydrogen) atoms. The predicted octanol–water partition coefficient (Wildman–Crippen LogP) is 5.16. The van der Waals surface area contributed by atoms with Crippen molar-refractivity contribution in [3.8, 4) is 0 Å². The Balaban J connectivity index is 1.60. The molecule has 0 bridgehead atoms. The van der Waals surface area contributed by atoms with Crippen LogP contribution in [0.15, 0.2) is 63.9 Å². The maximum atomic E-state index is 13.2. The number of hydrogen-bond donors (Lipinski definition) is 1. The Hall–Kier alpha value is -2.90. The van der Waals surface area contributed by atoms with Crippen LogP contribution in [-0.2, 0) is 11.3 Å². The first-order valence-corrected chi connectivity index (χ1v) is 11.8. The molecule has 158 valence electrons. The number of anilines is 1. The fourth-order valence-corrected chi connectivity index (χ4v) is 4.88. The van der Waals surface area contributed by atoms with Crippen molar-refractivity contribution in [1.82, 2.24) is 9.55 Å². The van der Waals surface area contributed by atoms with Crippen molar-refractivity contribution in [1.29, 1.82) is 0 Å². The predicted molar refractivity (Wildman–Crippen MR) is 129 cm³/mol. The van der Waals surface area contributed by atoms with Crippen molar-refractivity contribution in [2.45, 2.75) is 32.5 Å². The first kappa shape index (κ1) is 21.3. The lowest BCUT2D eigenvalue weighted by Crippen LogP contribution is -2.24. The number of carbonyl (C=O) groups is 1. The Morgan fingerprint density at radius 3 is 2.71 bits per heavy atom. The number of amides is 1. The molecule has 0 radical (unpaired) electrons. The number of aryl methyl sites for hydroxylation is 3. The Morgan fingerprint density at radius 1 is 1.10 bits per heavy atom. The summed E-state index contributed by atoms with van der Waals surface area (Å²) in [4.78, 5) is 30.3. The summed E-state index contributed by atoms with van der Waals surface area (Å²) in [5, 5.41) is 5.33. The number of benzene rings is 2. The third-order valence-electron chi connectivity index (χ3n) is 5.08. The van der Waals surface area contributed by atoms with E-state index >= 15 is 0 Å². The molecular formula is C24H23N3O2S2. The van der Waals surface area contributed by atoms with Crippen molar-refractivity contribution in [3.63, 3.8) is 0 Å². The fraction of sp³-hybridized carbons (Fsp3) is 0.208. The molecule has 0 saturated heterocycles. The number of fused-ring (bicyclic) bond motifs is 1. The van der Waals surface area contributed by atoms with E-state index in [1.54, 1.807) is 4.57 Å². The first-order chi connectivity index (χ1) is 14.9. The molecule has 0 atom stereocenters. The number of nitrogens with zero attached hydrogens (tertiary/aromatic N) is 2. The first-order valence-electron chi connectivity index (χ1n) is 9.94. The van der Waals surface area contributed by atoms with Gasteiger partial charge in [-0.2, -0.15) is 0 Å². The van der Waals surface area contributed by atoms with E-state index in [1.165, 1.54) is 34.2 Å². The zero-order chi connectivity index (χ0) is 22.0. The second-order valence-corrected chi connectivity index (χ2v) is 9.40. The summed E-state index contributed by atoms with van der Waals surface area (Å²) < 4.78 is 2.31. The van der Waals surface area contributed by atoms with Crippen LogP contribution in [0.1, 0.15) is 22.3 Å². The van der Waals surface area contributed by atoms with Crippen LogP contribution < -0.4 is 10.9 Å². The Labute approximate surface area is 189 Å². The van der Waals surface area contributed by atoms with Crippen LogP contribution in [0.25, 0.3) is 10.2 Å². The highest BCUT2D eigenvalue weighted by Gasteiger charge is 2.15. The Kier molecular flexibility index (Phi) is 6.25. The van der Waals surface area contributed by atoms with Crippen molar-refractivity contribution in [2.24, 2.45) is 0 Å². The quantitative estimate of drug-likeness (QED) is 0.326. The van der Waals surface area contributed by atoms with E-state index in [1.807, 2.05) is 48.7 Å². The van der Waals surface area contributed by atoms with E-state index in [9.17, 15) is 9.59 Å². The molecule has 0 fully saturated rings. The molecule has 7 heteroatoms. The molecule has 1 N–H and O–H groups in total. The summed E-state index contributed by atoms with van der Waals surface area (Å²) in [6, 6.07) is 15.7. The molecule has 2 aromatic carbocycles. The van der Waals surface area contributed by atoms with Crippen LogP contribution in [-0.4, -0.2) is 21.2 Å². The van der Waals surface area contributed by atoms with Gasteiger partial charge >= 0.3 is 0 Å². The van der Waals surface area contributed by atoms with Crippen LogP contribution in [0.3, 0.4) is 0 Å². The maximum absolute atomic E-state index is 13.2. The van der Waals surface area contributed by atoms with Gasteiger partial charge in [0.05, 0.1) is 17.8 Å². The summed E-state index contributed by atoms with van der Waals surface area (Å²) in [7, 11) is 0. The summed E-state index contributed by atoms with van der Waals surface area (Å²) in [5.74, 6) is 0.0381. The highest BCUT2D eigenvalue weighted by molar-refractivity contribution is 7.99. The lowest BCUT2D eigenvalue weighted by Gasteiger charge is -2.13. The monoisotopic (exact) mass is 449 g/mol. The summed E-state index contributed by atoms with van der Waals surface area (Å²) in [6.45, 7) is 6.53. The van der Waals surface area contributed by atoms with E-state index in [0.717, 1.165) is 16.8 Å². The van der Waals surface area contributed by atoms with Crippen molar-refractivity contribution < 1.29 is 4.79 Å².